The molecule has 0 radical (unpaired) electrons. The first-order valence-corrected chi connectivity index (χ1v) is 7.37. The van der Waals surface area contributed by atoms with Gasteiger partial charge in [-0.2, -0.15) is 0 Å². The minimum absolute atomic E-state index is 0.762. The average molecular weight is 262 g/mol. The van der Waals surface area contributed by atoms with E-state index < -0.39 is 0 Å². The summed E-state index contributed by atoms with van der Waals surface area (Å²) in [4.78, 5) is 4.01. The molecular weight excluding hydrogens is 244 g/mol. The van der Waals surface area contributed by atoms with E-state index in [0.29, 0.717) is 0 Å². The van der Waals surface area contributed by atoms with Crippen molar-refractivity contribution in [1.29, 1.82) is 0 Å². The smallest absolute Gasteiger partial charge is 0.150 e. The van der Waals surface area contributed by atoms with Crippen molar-refractivity contribution >= 4 is 11.3 Å². The molecule has 2 aromatic rings. The Labute approximate surface area is 111 Å². The molecule has 3 rings (SSSR count). The normalized spacial score (nSPS) is 18.3. The number of piperidine rings is 1. The molecule has 0 unspecified atom stereocenters. The number of likely N-dealkylation sites (tertiary alicyclic amines) is 1. The molecule has 0 spiro atoms. The molecule has 1 saturated heterocycles. The average Bonchev–Trinajstić information content (AvgIpc) is 3.02. The molecule has 0 amide bonds. The minimum Gasteiger partial charge on any atom is -0.360 e. The van der Waals surface area contributed by atoms with Crippen molar-refractivity contribution in [1.82, 2.24) is 10.1 Å². The maximum Gasteiger partial charge on any atom is 0.150 e. The summed E-state index contributed by atoms with van der Waals surface area (Å²) in [7, 11) is 0. The third-order valence-corrected chi connectivity index (χ3v) is 4.62. The van der Waals surface area contributed by atoms with Crippen molar-refractivity contribution in [3.8, 4) is 0 Å². The van der Waals surface area contributed by atoms with Gasteiger partial charge < -0.3 is 4.52 Å². The lowest BCUT2D eigenvalue weighted by Gasteiger charge is -2.30. The molecule has 18 heavy (non-hydrogen) atoms. The lowest BCUT2D eigenvalue weighted by atomic mass is 9.95. The van der Waals surface area contributed by atoms with Gasteiger partial charge in [-0.05, 0) is 50.2 Å². The highest BCUT2D eigenvalue weighted by Gasteiger charge is 2.21. The molecule has 0 aliphatic carbocycles. The van der Waals surface area contributed by atoms with Crippen LogP contribution < -0.4 is 0 Å². The van der Waals surface area contributed by atoms with Gasteiger partial charge in [0.15, 0.2) is 5.76 Å². The highest BCUT2D eigenvalue weighted by molar-refractivity contribution is 7.10. The molecular formula is C14H18N2OS. The van der Waals surface area contributed by atoms with Gasteiger partial charge in [0.2, 0.25) is 0 Å². The summed E-state index contributed by atoms with van der Waals surface area (Å²) in [5, 5.41) is 6.12. The zero-order valence-corrected chi connectivity index (χ0v) is 11.4. The fourth-order valence-electron chi connectivity index (χ4n) is 2.61. The lowest BCUT2D eigenvalue weighted by molar-refractivity contribution is 0.185. The van der Waals surface area contributed by atoms with Crippen molar-refractivity contribution in [3.05, 3.63) is 39.9 Å². The van der Waals surface area contributed by atoms with Crippen molar-refractivity contribution in [2.75, 3.05) is 13.1 Å². The van der Waals surface area contributed by atoms with Gasteiger partial charge in [0, 0.05) is 10.9 Å². The molecule has 0 aromatic carbocycles. The van der Waals surface area contributed by atoms with Gasteiger partial charge in [0.25, 0.3) is 0 Å². The molecule has 0 atom stereocenters. The van der Waals surface area contributed by atoms with Crippen LogP contribution in [-0.2, 0) is 6.54 Å². The highest BCUT2D eigenvalue weighted by Crippen LogP contribution is 2.31. The van der Waals surface area contributed by atoms with E-state index in [0.717, 1.165) is 37.0 Å². The molecule has 0 bridgehead atoms. The number of hydrogen-bond acceptors (Lipinski definition) is 4. The maximum absolute atomic E-state index is 5.28. The first-order chi connectivity index (χ1) is 8.81. The number of thiophene rings is 1. The van der Waals surface area contributed by atoms with E-state index in [1.165, 1.54) is 12.8 Å². The Kier molecular flexibility index (Phi) is 3.48. The van der Waals surface area contributed by atoms with Crippen molar-refractivity contribution in [3.63, 3.8) is 0 Å². The fraction of sp³-hybridized carbons (Fsp3) is 0.500. The van der Waals surface area contributed by atoms with E-state index in [9.17, 15) is 0 Å². The van der Waals surface area contributed by atoms with Gasteiger partial charge in [-0.15, -0.1) is 11.3 Å². The van der Waals surface area contributed by atoms with Gasteiger partial charge in [-0.3, -0.25) is 4.90 Å². The Morgan fingerprint density at radius 3 is 2.89 bits per heavy atom. The Morgan fingerprint density at radius 2 is 2.28 bits per heavy atom. The molecule has 1 fully saturated rings. The van der Waals surface area contributed by atoms with Gasteiger partial charge in [-0.25, -0.2) is 0 Å². The van der Waals surface area contributed by atoms with Gasteiger partial charge >= 0.3 is 0 Å². The second-order valence-corrected chi connectivity index (χ2v) is 5.98. The highest BCUT2D eigenvalue weighted by atomic mass is 32.1. The minimum atomic E-state index is 0.762. The maximum atomic E-state index is 5.28. The van der Waals surface area contributed by atoms with Crippen molar-refractivity contribution < 1.29 is 4.52 Å². The van der Waals surface area contributed by atoms with Crippen LogP contribution in [0.1, 0.15) is 35.1 Å². The molecule has 0 N–H and O–H groups in total. The predicted molar refractivity (Wildman–Crippen MR) is 72.8 cm³/mol. The summed E-state index contributed by atoms with van der Waals surface area (Å²) in [6.07, 6.45) is 2.52. The van der Waals surface area contributed by atoms with Crippen LogP contribution in [0.5, 0.6) is 0 Å². The SMILES string of the molecule is Cc1cc(CN2CCC(c3cccs3)CC2)on1. The molecule has 0 saturated carbocycles. The zero-order valence-electron chi connectivity index (χ0n) is 10.6. The fourth-order valence-corrected chi connectivity index (χ4v) is 3.51. The number of aryl methyl sites for hydroxylation is 1. The second-order valence-electron chi connectivity index (χ2n) is 5.00. The van der Waals surface area contributed by atoms with Crippen LogP contribution in [0.15, 0.2) is 28.1 Å². The third kappa shape index (κ3) is 2.65. The summed E-state index contributed by atoms with van der Waals surface area (Å²) < 4.78 is 5.28. The largest absolute Gasteiger partial charge is 0.360 e. The predicted octanol–water partition coefficient (Wildman–Crippen LogP) is 3.42. The third-order valence-electron chi connectivity index (χ3n) is 3.59. The second kappa shape index (κ2) is 5.24. The number of aromatic nitrogens is 1. The summed E-state index contributed by atoms with van der Waals surface area (Å²) in [6.45, 7) is 5.18. The number of hydrogen-bond donors (Lipinski definition) is 0. The molecule has 96 valence electrons. The summed E-state index contributed by atoms with van der Waals surface area (Å²) in [6, 6.07) is 6.46. The summed E-state index contributed by atoms with van der Waals surface area (Å²) >= 11 is 1.89. The first-order valence-electron chi connectivity index (χ1n) is 6.49. The number of nitrogens with zero attached hydrogens (tertiary/aromatic N) is 2. The van der Waals surface area contributed by atoms with Gasteiger partial charge in [-0.1, -0.05) is 11.2 Å². The van der Waals surface area contributed by atoms with Crippen molar-refractivity contribution in [2.24, 2.45) is 0 Å². The molecule has 4 heteroatoms. The zero-order chi connectivity index (χ0) is 12.4. The van der Waals surface area contributed by atoms with Crippen LogP contribution in [0, 0.1) is 6.92 Å². The Morgan fingerprint density at radius 1 is 1.44 bits per heavy atom. The molecule has 2 aromatic heterocycles. The van der Waals surface area contributed by atoms with Crippen LogP contribution in [-0.4, -0.2) is 23.1 Å². The van der Waals surface area contributed by atoms with Crippen LogP contribution in [0.25, 0.3) is 0 Å². The first kappa shape index (κ1) is 11.9. The van der Waals surface area contributed by atoms with Crippen molar-refractivity contribution in [2.45, 2.75) is 32.2 Å². The quantitative estimate of drug-likeness (QED) is 0.848. The monoisotopic (exact) mass is 262 g/mol. The Hall–Kier alpha value is -1.13. The molecule has 1 aliphatic heterocycles. The summed E-state index contributed by atoms with van der Waals surface area (Å²) in [5.74, 6) is 1.75. The lowest BCUT2D eigenvalue weighted by Crippen LogP contribution is -2.32. The van der Waals surface area contributed by atoms with E-state index in [2.05, 4.69) is 27.6 Å². The van der Waals surface area contributed by atoms with Crippen LogP contribution in [0.2, 0.25) is 0 Å². The number of rotatable bonds is 3. The molecule has 3 nitrogen and oxygen atoms in total. The van der Waals surface area contributed by atoms with Crippen LogP contribution in [0.4, 0.5) is 0 Å². The van der Waals surface area contributed by atoms with E-state index in [4.69, 9.17) is 4.52 Å². The van der Waals surface area contributed by atoms with Crippen LogP contribution in [0.3, 0.4) is 0 Å². The summed E-state index contributed by atoms with van der Waals surface area (Å²) in [5.41, 5.74) is 0.971. The standard InChI is InChI=1S/C14H18N2OS/c1-11-9-13(17-15-11)10-16-6-4-12(5-7-16)14-3-2-8-18-14/h2-3,8-9,12H,4-7,10H2,1H3. The van der Waals surface area contributed by atoms with E-state index in [1.807, 2.05) is 24.3 Å². The van der Waals surface area contributed by atoms with E-state index >= 15 is 0 Å². The Bertz CT molecular complexity index is 484. The van der Waals surface area contributed by atoms with E-state index in [1.54, 1.807) is 4.88 Å². The van der Waals surface area contributed by atoms with Crippen LogP contribution >= 0.6 is 11.3 Å². The molecule has 3 heterocycles. The van der Waals surface area contributed by atoms with Gasteiger partial charge in [0.1, 0.15) is 0 Å². The topological polar surface area (TPSA) is 29.3 Å². The Balaban J connectivity index is 1.54. The van der Waals surface area contributed by atoms with E-state index in [-0.39, 0.29) is 0 Å². The van der Waals surface area contributed by atoms with Gasteiger partial charge in [0.05, 0.1) is 12.2 Å². The molecule has 1 aliphatic rings.